The van der Waals surface area contributed by atoms with E-state index in [1.54, 1.807) is 0 Å². The third kappa shape index (κ3) is 4.26. The van der Waals surface area contributed by atoms with Gasteiger partial charge in [0.1, 0.15) is 5.69 Å². The Kier molecular flexibility index (Phi) is 5.80. The van der Waals surface area contributed by atoms with Gasteiger partial charge in [0.15, 0.2) is 0 Å². The highest BCUT2D eigenvalue weighted by Gasteiger charge is 2.43. The van der Waals surface area contributed by atoms with E-state index in [-0.39, 0.29) is 11.5 Å². The molecule has 3 aliphatic rings. The summed E-state index contributed by atoms with van der Waals surface area (Å²) in [7, 11) is 0. The monoisotopic (exact) mass is 424 g/mol. The van der Waals surface area contributed by atoms with Gasteiger partial charge in [-0.25, -0.2) is 0 Å². The Labute approximate surface area is 185 Å². The summed E-state index contributed by atoms with van der Waals surface area (Å²) < 4.78 is 6.39. The maximum absolute atomic E-state index is 13.1. The molecule has 168 valence electrons. The summed E-state index contributed by atoms with van der Waals surface area (Å²) in [6, 6.07) is 11.3. The number of carbonyl (C=O) groups excluding carboxylic acids is 1. The van der Waals surface area contributed by atoms with Crippen molar-refractivity contribution < 1.29 is 9.53 Å². The van der Waals surface area contributed by atoms with E-state index >= 15 is 0 Å². The van der Waals surface area contributed by atoms with Crippen molar-refractivity contribution in [2.45, 2.75) is 57.2 Å². The van der Waals surface area contributed by atoms with Gasteiger partial charge in [0.2, 0.25) is 0 Å². The number of nitrogens with zero attached hydrogens (tertiary/aromatic N) is 3. The van der Waals surface area contributed by atoms with Crippen LogP contribution in [-0.2, 0) is 4.74 Å². The molecule has 0 aliphatic carbocycles. The van der Waals surface area contributed by atoms with E-state index in [0.29, 0.717) is 17.8 Å². The van der Waals surface area contributed by atoms with Crippen molar-refractivity contribution in [3.63, 3.8) is 0 Å². The molecule has 0 unspecified atom stereocenters. The predicted octanol–water partition coefficient (Wildman–Crippen LogP) is 3.35. The van der Waals surface area contributed by atoms with Gasteiger partial charge in [0.05, 0.1) is 5.60 Å². The van der Waals surface area contributed by atoms with Crippen LogP contribution in [0.1, 0.15) is 50.0 Å². The number of ether oxygens (including phenoxy) is 1. The average molecular weight is 425 g/mol. The molecule has 31 heavy (non-hydrogen) atoms. The molecule has 1 spiro atoms. The number of piperazine rings is 1. The molecule has 3 aliphatic heterocycles. The summed E-state index contributed by atoms with van der Waals surface area (Å²) in [6.45, 7) is 11.7. The van der Waals surface area contributed by atoms with Crippen LogP contribution >= 0.6 is 0 Å². The fraction of sp³-hybridized carbons (Fsp3) is 0.640. The first-order valence-electron chi connectivity index (χ1n) is 12.0. The van der Waals surface area contributed by atoms with Crippen LogP contribution in [0.15, 0.2) is 30.3 Å². The highest BCUT2D eigenvalue weighted by molar-refractivity contribution is 5.98. The molecule has 0 saturated carbocycles. The number of aromatic amines is 1. The van der Waals surface area contributed by atoms with E-state index in [4.69, 9.17) is 4.74 Å². The minimum Gasteiger partial charge on any atom is -0.375 e. The Bertz CT molecular complexity index is 874. The number of hydrogen-bond acceptors (Lipinski definition) is 4. The first kappa shape index (κ1) is 21.0. The normalized spacial score (nSPS) is 25.5. The molecule has 2 aromatic rings. The van der Waals surface area contributed by atoms with Crippen molar-refractivity contribution in [3.05, 3.63) is 36.0 Å². The standard InChI is InChI=1S/C25H36N4O2/c1-19(2)27-12-14-28(15-13-27)21-7-16-31-25(18-21)8-10-29(11-9-25)24(30)23-17-20-5-3-4-6-22(20)26-23/h3-6,17,19,21,26H,7-16,18H2,1-2H3/t21-/m1/s1. The van der Waals surface area contributed by atoms with Gasteiger partial charge in [-0.2, -0.15) is 0 Å². The summed E-state index contributed by atoms with van der Waals surface area (Å²) in [6.07, 6.45) is 4.15. The third-order valence-electron chi connectivity index (χ3n) is 7.78. The summed E-state index contributed by atoms with van der Waals surface area (Å²) >= 11 is 0. The number of nitrogens with one attached hydrogen (secondary N) is 1. The molecular weight excluding hydrogens is 388 g/mol. The predicted molar refractivity (Wildman–Crippen MR) is 123 cm³/mol. The zero-order valence-corrected chi connectivity index (χ0v) is 19.0. The van der Waals surface area contributed by atoms with E-state index in [1.807, 2.05) is 35.2 Å². The number of fused-ring (bicyclic) bond motifs is 1. The van der Waals surface area contributed by atoms with Crippen molar-refractivity contribution >= 4 is 16.8 Å². The summed E-state index contributed by atoms with van der Waals surface area (Å²) in [4.78, 5) is 23.7. The number of likely N-dealkylation sites (tertiary alicyclic amines) is 1. The van der Waals surface area contributed by atoms with Crippen LogP contribution in [0.4, 0.5) is 0 Å². The minimum atomic E-state index is -0.0463. The van der Waals surface area contributed by atoms with Gasteiger partial charge in [-0.3, -0.25) is 14.6 Å². The van der Waals surface area contributed by atoms with E-state index in [2.05, 4.69) is 28.6 Å². The second kappa shape index (κ2) is 8.57. The number of hydrogen-bond donors (Lipinski definition) is 1. The van der Waals surface area contributed by atoms with Gasteiger partial charge in [-0.1, -0.05) is 18.2 Å². The lowest BCUT2D eigenvalue weighted by Crippen LogP contribution is -2.58. The molecule has 1 N–H and O–H groups in total. The van der Waals surface area contributed by atoms with Crippen LogP contribution < -0.4 is 0 Å². The number of amides is 1. The first-order chi connectivity index (χ1) is 15.0. The average Bonchev–Trinajstić information content (AvgIpc) is 3.24. The molecule has 3 saturated heterocycles. The summed E-state index contributed by atoms with van der Waals surface area (Å²) in [5.74, 6) is 0.114. The van der Waals surface area contributed by atoms with Crippen LogP contribution in [0, 0.1) is 0 Å². The number of benzene rings is 1. The highest BCUT2D eigenvalue weighted by atomic mass is 16.5. The van der Waals surface area contributed by atoms with Gasteiger partial charge in [-0.05, 0) is 51.7 Å². The maximum atomic E-state index is 13.1. The van der Waals surface area contributed by atoms with Crippen LogP contribution in [0.25, 0.3) is 10.9 Å². The van der Waals surface area contributed by atoms with Crippen LogP contribution in [-0.4, -0.2) is 89.2 Å². The minimum absolute atomic E-state index is 0.0463. The Morgan fingerprint density at radius 2 is 1.84 bits per heavy atom. The molecule has 6 nitrogen and oxygen atoms in total. The highest BCUT2D eigenvalue weighted by Crippen LogP contribution is 2.37. The summed E-state index contributed by atoms with van der Waals surface area (Å²) in [5, 5.41) is 1.09. The molecule has 1 atom stereocenters. The fourth-order valence-electron chi connectivity index (χ4n) is 5.76. The Balaban J connectivity index is 1.19. The van der Waals surface area contributed by atoms with Crippen molar-refractivity contribution in [2.75, 3.05) is 45.9 Å². The van der Waals surface area contributed by atoms with E-state index < -0.39 is 0 Å². The zero-order valence-electron chi connectivity index (χ0n) is 19.0. The summed E-state index contributed by atoms with van der Waals surface area (Å²) in [5.41, 5.74) is 1.67. The third-order valence-corrected chi connectivity index (χ3v) is 7.78. The second-order valence-electron chi connectivity index (χ2n) is 9.91. The molecule has 3 fully saturated rings. The lowest BCUT2D eigenvalue weighted by Gasteiger charge is -2.50. The molecule has 4 heterocycles. The van der Waals surface area contributed by atoms with Gasteiger partial charge < -0.3 is 14.6 Å². The van der Waals surface area contributed by atoms with Crippen molar-refractivity contribution in [1.82, 2.24) is 19.7 Å². The molecule has 5 rings (SSSR count). The molecule has 1 aromatic heterocycles. The smallest absolute Gasteiger partial charge is 0.270 e. The molecule has 1 aromatic carbocycles. The van der Waals surface area contributed by atoms with E-state index in [9.17, 15) is 4.79 Å². The Morgan fingerprint density at radius 3 is 2.55 bits per heavy atom. The van der Waals surface area contributed by atoms with Gasteiger partial charge in [-0.15, -0.1) is 0 Å². The number of rotatable bonds is 3. The SMILES string of the molecule is CC(C)N1CCN([C@@H]2CCOC3(CCN(C(=O)c4cc5ccccc5[nH]4)CC3)C2)CC1. The quantitative estimate of drug-likeness (QED) is 0.821. The topological polar surface area (TPSA) is 51.8 Å². The molecule has 0 radical (unpaired) electrons. The Morgan fingerprint density at radius 1 is 1.10 bits per heavy atom. The largest absolute Gasteiger partial charge is 0.375 e. The van der Waals surface area contributed by atoms with E-state index in [1.165, 1.54) is 26.2 Å². The van der Waals surface area contributed by atoms with Gasteiger partial charge >= 0.3 is 0 Å². The van der Waals surface area contributed by atoms with Crippen LogP contribution in [0.5, 0.6) is 0 Å². The number of piperidine rings is 1. The molecule has 0 bridgehead atoms. The molecular formula is C25H36N4O2. The second-order valence-corrected chi connectivity index (χ2v) is 9.91. The van der Waals surface area contributed by atoms with Crippen molar-refractivity contribution in [2.24, 2.45) is 0 Å². The van der Waals surface area contributed by atoms with Gasteiger partial charge in [0.25, 0.3) is 5.91 Å². The van der Waals surface area contributed by atoms with Gasteiger partial charge in [0, 0.05) is 68.9 Å². The first-order valence-corrected chi connectivity index (χ1v) is 12.0. The van der Waals surface area contributed by atoms with Crippen molar-refractivity contribution in [3.8, 4) is 0 Å². The lowest BCUT2D eigenvalue weighted by molar-refractivity contribution is -0.132. The number of carbonyl (C=O) groups is 1. The fourth-order valence-corrected chi connectivity index (χ4v) is 5.76. The van der Waals surface area contributed by atoms with Crippen LogP contribution in [0.3, 0.4) is 0 Å². The zero-order chi connectivity index (χ0) is 21.4. The number of aromatic nitrogens is 1. The number of H-pyrrole nitrogens is 1. The molecule has 1 amide bonds. The number of para-hydroxylation sites is 1. The van der Waals surface area contributed by atoms with Crippen molar-refractivity contribution in [1.29, 1.82) is 0 Å². The van der Waals surface area contributed by atoms with Crippen LogP contribution in [0.2, 0.25) is 0 Å². The maximum Gasteiger partial charge on any atom is 0.270 e. The van der Waals surface area contributed by atoms with E-state index in [0.717, 1.165) is 56.3 Å². The lowest BCUT2D eigenvalue weighted by atomic mass is 9.81. The molecule has 6 heteroatoms. The Hall–Kier alpha value is -1.89.